The highest BCUT2D eigenvalue weighted by Gasteiger charge is 2.16. The van der Waals surface area contributed by atoms with Gasteiger partial charge >= 0.3 is 0 Å². The average molecular weight is 341 g/mol. The van der Waals surface area contributed by atoms with E-state index in [0.717, 1.165) is 22.6 Å². The summed E-state index contributed by atoms with van der Waals surface area (Å²) in [6.07, 6.45) is -0.0493. The lowest BCUT2D eigenvalue weighted by molar-refractivity contribution is -0.384. The average Bonchev–Trinajstić information content (AvgIpc) is 2.92. The lowest BCUT2D eigenvalue weighted by Crippen LogP contribution is -2.14. The Kier molecular flexibility index (Phi) is 4.10. The molecule has 8 nitrogen and oxygen atoms in total. The van der Waals surface area contributed by atoms with Crippen LogP contribution in [0.2, 0.25) is 0 Å². The number of nitro groups is 1. The van der Waals surface area contributed by atoms with Crippen molar-refractivity contribution in [1.29, 1.82) is 0 Å². The van der Waals surface area contributed by atoms with Crippen LogP contribution in [0.1, 0.15) is 16.8 Å². The molecule has 1 aromatic heterocycles. The Morgan fingerprint density at radius 2 is 2.08 bits per heavy atom. The number of rotatable bonds is 4. The maximum Gasteiger partial charge on any atom is 0.273 e. The van der Waals surface area contributed by atoms with Crippen LogP contribution in [0, 0.1) is 24.0 Å². The predicted molar refractivity (Wildman–Crippen MR) is 90.6 cm³/mol. The standard InChI is InChI=1S/C17H15N3O5/c1-9-5-10(2)17-12(6-9)14(19-25-17)8-16(22)18-13-4-3-11(20(23)24)7-15(13)21/h3-7,21H,8H2,1-2H3,(H,18,22). The summed E-state index contributed by atoms with van der Waals surface area (Å²) in [6, 6.07) is 7.32. The molecular weight excluding hydrogens is 326 g/mol. The number of hydrogen-bond donors (Lipinski definition) is 2. The van der Waals surface area contributed by atoms with Gasteiger partial charge in [0.1, 0.15) is 11.4 Å². The number of aromatic nitrogens is 1. The molecule has 0 aliphatic heterocycles. The second-order valence-corrected chi connectivity index (χ2v) is 5.77. The van der Waals surface area contributed by atoms with E-state index >= 15 is 0 Å². The fourth-order valence-electron chi connectivity index (χ4n) is 2.65. The number of phenolic OH excluding ortho intramolecular Hbond substituents is 1. The molecule has 3 rings (SSSR count). The fraction of sp³-hybridized carbons (Fsp3) is 0.176. The van der Waals surface area contributed by atoms with Crippen LogP contribution in [0.4, 0.5) is 11.4 Å². The number of benzene rings is 2. The molecule has 3 aromatic rings. The van der Waals surface area contributed by atoms with Gasteiger partial charge in [0.25, 0.3) is 5.69 Å². The minimum atomic E-state index is -0.627. The third kappa shape index (κ3) is 3.27. The van der Waals surface area contributed by atoms with Crippen molar-refractivity contribution in [2.75, 3.05) is 5.32 Å². The van der Waals surface area contributed by atoms with Crippen LogP contribution in [0.3, 0.4) is 0 Å². The number of aryl methyl sites for hydroxylation is 2. The van der Waals surface area contributed by atoms with Crippen LogP contribution in [-0.4, -0.2) is 21.1 Å². The lowest BCUT2D eigenvalue weighted by Gasteiger charge is -2.06. The van der Waals surface area contributed by atoms with Gasteiger partial charge in [-0.15, -0.1) is 0 Å². The SMILES string of the molecule is Cc1cc(C)c2onc(CC(=O)Nc3ccc([N+](=O)[O-])cc3O)c2c1. The van der Waals surface area contributed by atoms with E-state index in [9.17, 15) is 20.0 Å². The van der Waals surface area contributed by atoms with Gasteiger partial charge in [-0.1, -0.05) is 11.2 Å². The van der Waals surface area contributed by atoms with Crippen LogP contribution < -0.4 is 5.32 Å². The Balaban J connectivity index is 1.81. The van der Waals surface area contributed by atoms with Crippen LogP contribution in [0.15, 0.2) is 34.9 Å². The van der Waals surface area contributed by atoms with Crippen LogP contribution in [0.5, 0.6) is 5.75 Å². The third-order valence-corrected chi connectivity index (χ3v) is 3.77. The van der Waals surface area contributed by atoms with Crippen molar-refractivity contribution in [2.24, 2.45) is 0 Å². The summed E-state index contributed by atoms with van der Waals surface area (Å²) < 4.78 is 5.30. The number of carbonyl (C=O) groups is 1. The van der Waals surface area contributed by atoms with E-state index in [1.54, 1.807) is 0 Å². The number of non-ortho nitro benzene ring substituents is 1. The molecule has 2 N–H and O–H groups in total. The smallest absolute Gasteiger partial charge is 0.273 e. The highest BCUT2D eigenvalue weighted by Crippen LogP contribution is 2.28. The number of phenols is 1. The molecule has 0 fully saturated rings. The van der Waals surface area contributed by atoms with E-state index < -0.39 is 10.8 Å². The van der Waals surface area contributed by atoms with Crippen molar-refractivity contribution in [3.05, 3.63) is 57.3 Å². The van der Waals surface area contributed by atoms with Crippen LogP contribution in [0.25, 0.3) is 11.0 Å². The van der Waals surface area contributed by atoms with Gasteiger partial charge in [-0.3, -0.25) is 14.9 Å². The molecule has 0 aliphatic rings. The molecule has 0 aliphatic carbocycles. The number of aromatic hydroxyl groups is 1. The van der Waals surface area contributed by atoms with Crippen molar-refractivity contribution in [2.45, 2.75) is 20.3 Å². The van der Waals surface area contributed by atoms with Gasteiger partial charge < -0.3 is 14.9 Å². The summed E-state index contributed by atoms with van der Waals surface area (Å²) in [5.74, 6) is -0.794. The summed E-state index contributed by atoms with van der Waals surface area (Å²) in [4.78, 5) is 22.3. The molecule has 25 heavy (non-hydrogen) atoms. The van der Waals surface area contributed by atoms with Gasteiger partial charge in [0.2, 0.25) is 5.91 Å². The molecule has 0 bridgehead atoms. The first kappa shape index (κ1) is 16.4. The van der Waals surface area contributed by atoms with Gasteiger partial charge in [0.15, 0.2) is 5.58 Å². The Morgan fingerprint density at radius 1 is 1.32 bits per heavy atom. The van der Waals surface area contributed by atoms with Gasteiger partial charge in [0, 0.05) is 11.5 Å². The number of nitrogens with one attached hydrogen (secondary N) is 1. The van der Waals surface area contributed by atoms with E-state index in [4.69, 9.17) is 4.52 Å². The van der Waals surface area contributed by atoms with Crippen molar-refractivity contribution < 1.29 is 19.3 Å². The number of carbonyl (C=O) groups excluding carboxylic acids is 1. The fourth-order valence-corrected chi connectivity index (χ4v) is 2.65. The minimum absolute atomic E-state index is 0.0493. The zero-order valence-electron chi connectivity index (χ0n) is 13.6. The van der Waals surface area contributed by atoms with E-state index in [1.165, 1.54) is 12.1 Å². The second kappa shape index (κ2) is 6.23. The maximum atomic E-state index is 12.2. The third-order valence-electron chi connectivity index (χ3n) is 3.77. The summed E-state index contributed by atoms with van der Waals surface area (Å²) in [7, 11) is 0. The molecule has 2 aromatic carbocycles. The Labute approximate surface area is 142 Å². The van der Waals surface area contributed by atoms with Crippen molar-refractivity contribution >= 4 is 28.3 Å². The Bertz CT molecular complexity index is 993. The van der Waals surface area contributed by atoms with Crippen molar-refractivity contribution in [3.63, 3.8) is 0 Å². The summed E-state index contributed by atoms with van der Waals surface area (Å²) in [5, 5.41) is 27.7. The summed E-state index contributed by atoms with van der Waals surface area (Å²) >= 11 is 0. The zero-order chi connectivity index (χ0) is 18.1. The quantitative estimate of drug-likeness (QED) is 0.427. The normalized spacial score (nSPS) is 10.8. The highest BCUT2D eigenvalue weighted by molar-refractivity contribution is 5.96. The Hall–Kier alpha value is -3.42. The van der Waals surface area contributed by atoms with Crippen LogP contribution in [-0.2, 0) is 11.2 Å². The molecule has 0 atom stereocenters. The number of hydrogen-bond acceptors (Lipinski definition) is 6. The van der Waals surface area contributed by atoms with E-state index in [1.807, 2.05) is 26.0 Å². The monoisotopic (exact) mass is 341 g/mol. The first-order chi connectivity index (χ1) is 11.8. The van der Waals surface area contributed by atoms with Crippen molar-refractivity contribution in [3.8, 4) is 5.75 Å². The molecule has 128 valence electrons. The van der Waals surface area contributed by atoms with E-state index in [-0.39, 0.29) is 23.5 Å². The molecule has 0 unspecified atom stereocenters. The largest absolute Gasteiger partial charge is 0.506 e. The zero-order valence-corrected chi connectivity index (χ0v) is 13.6. The predicted octanol–water partition coefficient (Wildman–Crippen LogP) is 3.24. The maximum absolute atomic E-state index is 12.2. The number of amides is 1. The second-order valence-electron chi connectivity index (χ2n) is 5.77. The molecule has 8 heteroatoms. The topological polar surface area (TPSA) is 119 Å². The molecule has 1 heterocycles. The van der Waals surface area contributed by atoms with Gasteiger partial charge in [-0.2, -0.15) is 0 Å². The highest BCUT2D eigenvalue weighted by atomic mass is 16.6. The van der Waals surface area contributed by atoms with E-state index in [2.05, 4.69) is 10.5 Å². The molecule has 0 saturated carbocycles. The summed E-state index contributed by atoms with van der Waals surface area (Å²) in [5.41, 5.74) is 2.91. The van der Waals surface area contributed by atoms with Gasteiger partial charge in [-0.05, 0) is 37.1 Å². The molecule has 1 amide bonds. The number of anilines is 1. The molecule has 0 radical (unpaired) electrons. The molecular formula is C17H15N3O5. The molecule has 0 saturated heterocycles. The van der Waals surface area contributed by atoms with Crippen LogP contribution >= 0.6 is 0 Å². The number of nitrogens with zero attached hydrogens (tertiary/aromatic N) is 2. The van der Waals surface area contributed by atoms with E-state index in [0.29, 0.717) is 11.3 Å². The number of nitro benzene ring substituents is 1. The first-order valence-corrected chi connectivity index (χ1v) is 7.48. The lowest BCUT2D eigenvalue weighted by atomic mass is 10.1. The first-order valence-electron chi connectivity index (χ1n) is 7.48. The van der Waals surface area contributed by atoms with Crippen molar-refractivity contribution in [1.82, 2.24) is 5.16 Å². The molecule has 0 spiro atoms. The summed E-state index contributed by atoms with van der Waals surface area (Å²) in [6.45, 7) is 3.84. The van der Waals surface area contributed by atoms with Gasteiger partial charge in [0.05, 0.1) is 23.1 Å². The minimum Gasteiger partial charge on any atom is -0.506 e. The van der Waals surface area contributed by atoms with Gasteiger partial charge in [-0.25, -0.2) is 0 Å². The number of fused-ring (bicyclic) bond motifs is 1. The Morgan fingerprint density at radius 3 is 2.76 bits per heavy atom.